The first-order valence-corrected chi connectivity index (χ1v) is 10.6. The Balaban J connectivity index is 1.29. The number of amides is 4. The second kappa shape index (κ2) is 8.85. The molecule has 8 heteroatoms. The number of carbonyl (C=O) groups excluding carboxylic acids is 4. The van der Waals surface area contributed by atoms with Crippen LogP contribution in [0, 0.1) is 6.42 Å². The van der Waals surface area contributed by atoms with E-state index < -0.39 is 11.9 Å². The minimum absolute atomic E-state index is 0.171. The Morgan fingerprint density at radius 3 is 2.73 bits per heavy atom. The van der Waals surface area contributed by atoms with Gasteiger partial charge in [-0.25, -0.2) is 0 Å². The summed E-state index contributed by atoms with van der Waals surface area (Å²) >= 11 is 0. The van der Waals surface area contributed by atoms with E-state index in [1.165, 1.54) is 0 Å². The normalized spacial score (nSPS) is 21.5. The largest absolute Gasteiger partial charge is 0.385 e. The number of rotatable bonds is 6. The highest BCUT2D eigenvalue weighted by Crippen LogP contribution is 2.29. The van der Waals surface area contributed by atoms with Crippen LogP contribution < -0.4 is 10.6 Å². The first kappa shape index (κ1) is 20.4. The molecule has 3 aliphatic rings. The minimum atomic E-state index is -0.600. The zero-order chi connectivity index (χ0) is 21.1. The molecule has 2 saturated heterocycles. The molecule has 1 atom stereocenters. The van der Waals surface area contributed by atoms with Crippen molar-refractivity contribution in [3.63, 3.8) is 0 Å². The van der Waals surface area contributed by atoms with Crippen LogP contribution in [0.1, 0.15) is 54.4 Å². The molecule has 2 N–H and O–H groups in total. The summed E-state index contributed by atoms with van der Waals surface area (Å²) < 4.78 is 0. The summed E-state index contributed by atoms with van der Waals surface area (Å²) in [6.45, 7) is 2.69. The van der Waals surface area contributed by atoms with Crippen molar-refractivity contribution in [1.82, 2.24) is 15.1 Å². The van der Waals surface area contributed by atoms with Gasteiger partial charge in [0.1, 0.15) is 6.04 Å². The molecule has 2 fully saturated rings. The van der Waals surface area contributed by atoms with Crippen molar-refractivity contribution in [2.45, 2.75) is 51.1 Å². The van der Waals surface area contributed by atoms with Crippen molar-refractivity contribution in [2.24, 2.45) is 0 Å². The van der Waals surface area contributed by atoms with Crippen LogP contribution in [0.4, 0.5) is 5.69 Å². The van der Waals surface area contributed by atoms with Crippen LogP contribution in [0.2, 0.25) is 0 Å². The van der Waals surface area contributed by atoms with Gasteiger partial charge in [-0.2, -0.15) is 0 Å². The van der Waals surface area contributed by atoms with Gasteiger partial charge in [0, 0.05) is 50.3 Å². The molecule has 1 radical (unpaired) electrons. The Morgan fingerprint density at radius 2 is 1.97 bits per heavy atom. The molecular formula is C22H27N4O4. The van der Waals surface area contributed by atoms with Crippen LogP contribution in [-0.4, -0.2) is 59.1 Å². The highest BCUT2D eigenvalue weighted by Gasteiger charge is 2.39. The topological polar surface area (TPSA) is 98.8 Å². The zero-order valence-corrected chi connectivity index (χ0v) is 17.0. The number of likely N-dealkylation sites (tertiary alicyclic amines) is 1. The Labute approximate surface area is 176 Å². The van der Waals surface area contributed by atoms with Gasteiger partial charge in [-0.1, -0.05) is 0 Å². The maximum absolute atomic E-state index is 12.7. The molecule has 0 aliphatic carbocycles. The van der Waals surface area contributed by atoms with Crippen LogP contribution >= 0.6 is 0 Å². The predicted molar refractivity (Wildman–Crippen MR) is 110 cm³/mol. The number of piperidine rings is 2. The fraction of sp³-hybridized carbons (Fsp3) is 0.500. The maximum Gasteiger partial charge on any atom is 0.255 e. The second-order valence-corrected chi connectivity index (χ2v) is 8.05. The van der Waals surface area contributed by atoms with E-state index >= 15 is 0 Å². The summed E-state index contributed by atoms with van der Waals surface area (Å²) in [5.74, 6) is -0.647. The Hall–Kier alpha value is -2.90. The van der Waals surface area contributed by atoms with E-state index in [4.69, 9.17) is 0 Å². The van der Waals surface area contributed by atoms with Crippen LogP contribution in [0.3, 0.4) is 0 Å². The van der Waals surface area contributed by atoms with E-state index in [1.54, 1.807) is 11.0 Å². The zero-order valence-electron chi connectivity index (χ0n) is 17.0. The lowest BCUT2D eigenvalue weighted by atomic mass is 10.0. The lowest BCUT2D eigenvalue weighted by Gasteiger charge is -2.29. The first-order valence-electron chi connectivity index (χ1n) is 10.6. The molecule has 0 bridgehead atoms. The first-order chi connectivity index (χ1) is 14.5. The van der Waals surface area contributed by atoms with Gasteiger partial charge in [0.25, 0.3) is 5.91 Å². The number of anilines is 1. The van der Waals surface area contributed by atoms with E-state index in [0.29, 0.717) is 31.5 Å². The number of benzene rings is 1. The summed E-state index contributed by atoms with van der Waals surface area (Å²) in [5.41, 5.74) is 2.37. The Morgan fingerprint density at radius 1 is 1.17 bits per heavy atom. The standard InChI is InChI=1S/C22H27N4O4/c27-19-9-8-18(21(29)24-19)26-14-15-13-16(6-7-17(15)22(26)30)23-10-4-5-20(28)25-11-2-1-3-12-25/h1,6-7,13,18,23H,2-5,8-12,14H2,(H,24,27,29). The highest BCUT2D eigenvalue weighted by atomic mass is 16.2. The van der Waals surface area contributed by atoms with Crippen molar-refractivity contribution in [1.29, 1.82) is 0 Å². The monoisotopic (exact) mass is 411 g/mol. The van der Waals surface area contributed by atoms with E-state index in [1.807, 2.05) is 17.0 Å². The number of nitrogens with one attached hydrogen (secondary N) is 2. The molecule has 0 spiro atoms. The molecule has 4 amide bonds. The molecule has 1 aromatic carbocycles. The van der Waals surface area contributed by atoms with Gasteiger partial charge in [0.15, 0.2) is 0 Å². The lowest BCUT2D eigenvalue weighted by molar-refractivity contribution is -0.137. The Bertz CT molecular complexity index is 863. The summed E-state index contributed by atoms with van der Waals surface area (Å²) in [7, 11) is 0. The van der Waals surface area contributed by atoms with E-state index in [9.17, 15) is 19.2 Å². The molecule has 0 aromatic heterocycles. The molecular weight excluding hydrogens is 384 g/mol. The molecule has 8 nitrogen and oxygen atoms in total. The number of hydrogen-bond donors (Lipinski definition) is 2. The third-order valence-corrected chi connectivity index (χ3v) is 5.98. The van der Waals surface area contributed by atoms with E-state index in [0.717, 1.165) is 43.6 Å². The number of nitrogens with zero attached hydrogens (tertiary/aromatic N) is 2. The van der Waals surface area contributed by atoms with Gasteiger partial charge in [-0.3, -0.25) is 24.5 Å². The van der Waals surface area contributed by atoms with Crippen molar-refractivity contribution in [3.05, 3.63) is 35.7 Å². The van der Waals surface area contributed by atoms with Gasteiger partial charge in [-0.05, 0) is 55.9 Å². The smallest absolute Gasteiger partial charge is 0.255 e. The molecule has 3 heterocycles. The summed E-state index contributed by atoms with van der Waals surface area (Å²) in [6.07, 6.45) is 6.07. The molecule has 1 unspecified atom stereocenters. The fourth-order valence-corrected chi connectivity index (χ4v) is 4.31. The number of hydrogen-bond acceptors (Lipinski definition) is 5. The number of carbonyl (C=O) groups is 4. The summed E-state index contributed by atoms with van der Waals surface area (Å²) in [4.78, 5) is 51.9. The lowest BCUT2D eigenvalue weighted by Crippen LogP contribution is -2.52. The van der Waals surface area contributed by atoms with E-state index in [-0.39, 0.29) is 24.1 Å². The van der Waals surface area contributed by atoms with Gasteiger partial charge in [0.05, 0.1) is 0 Å². The van der Waals surface area contributed by atoms with Gasteiger partial charge in [0.2, 0.25) is 17.7 Å². The molecule has 0 saturated carbocycles. The average Bonchev–Trinajstić information content (AvgIpc) is 3.07. The third-order valence-electron chi connectivity index (χ3n) is 5.98. The predicted octanol–water partition coefficient (Wildman–Crippen LogP) is 1.47. The average molecular weight is 411 g/mol. The summed E-state index contributed by atoms with van der Waals surface area (Å²) in [5, 5.41) is 5.64. The number of imide groups is 1. The molecule has 3 aliphatic heterocycles. The van der Waals surface area contributed by atoms with Crippen LogP contribution in [0.5, 0.6) is 0 Å². The molecule has 159 valence electrons. The van der Waals surface area contributed by atoms with Crippen LogP contribution in [0.25, 0.3) is 0 Å². The third kappa shape index (κ3) is 4.32. The SMILES string of the molecule is O=C1CCC(N2Cc3cc(NCCCC(=O)N4CC[CH]CC4)ccc3C2=O)C(=O)N1. The van der Waals surface area contributed by atoms with Crippen molar-refractivity contribution in [3.8, 4) is 0 Å². The van der Waals surface area contributed by atoms with Gasteiger partial charge < -0.3 is 15.1 Å². The molecule has 4 rings (SSSR count). The highest BCUT2D eigenvalue weighted by molar-refractivity contribution is 6.05. The summed E-state index contributed by atoms with van der Waals surface area (Å²) in [6, 6.07) is 4.97. The molecule has 30 heavy (non-hydrogen) atoms. The maximum atomic E-state index is 12.7. The van der Waals surface area contributed by atoms with Crippen LogP contribution in [0.15, 0.2) is 18.2 Å². The van der Waals surface area contributed by atoms with Gasteiger partial charge in [-0.15, -0.1) is 0 Å². The van der Waals surface area contributed by atoms with E-state index in [2.05, 4.69) is 17.1 Å². The second-order valence-electron chi connectivity index (χ2n) is 8.05. The minimum Gasteiger partial charge on any atom is -0.385 e. The van der Waals surface area contributed by atoms with Crippen molar-refractivity contribution in [2.75, 3.05) is 25.0 Å². The van der Waals surface area contributed by atoms with Crippen LogP contribution in [-0.2, 0) is 20.9 Å². The van der Waals surface area contributed by atoms with Gasteiger partial charge >= 0.3 is 0 Å². The number of fused-ring (bicyclic) bond motifs is 1. The Kier molecular flexibility index (Phi) is 6.01. The van der Waals surface area contributed by atoms with Crippen molar-refractivity contribution >= 4 is 29.3 Å². The fourth-order valence-electron chi connectivity index (χ4n) is 4.31. The molecule has 1 aromatic rings. The van der Waals surface area contributed by atoms with Crippen molar-refractivity contribution < 1.29 is 19.2 Å². The quantitative estimate of drug-likeness (QED) is 0.546.